The lowest BCUT2D eigenvalue weighted by atomic mass is 9.96. The van der Waals surface area contributed by atoms with E-state index >= 15 is 0 Å². The number of aromatic hydroxyl groups is 1. The maximum Gasteiger partial charge on any atom is 0.118 e. The van der Waals surface area contributed by atoms with E-state index in [4.69, 9.17) is 13.0 Å². The fourth-order valence-electron chi connectivity index (χ4n) is 0.488. The summed E-state index contributed by atoms with van der Waals surface area (Å²) in [4.78, 5) is 0. The third kappa shape index (κ3) is 0.834. The molecule has 1 nitrogen and oxygen atoms in total. The number of hydrogen-bond acceptors (Lipinski definition) is 1. The molecule has 1 N–H and O–H groups in total. The second-order valence-electron chi connectivity index (χ2n) is 1.56. The summed E-state index contributed by atoms with van der Waals surface area (Å²) in [7, 11) is 5.27. The zero-order valence-corrected chi connectivity index (χ0v) is 4.33. The van der Waals surface area contributed by atoms with E-state index in [0.717, 1.165) is 0 Å². The lowest BCUT2D eigenvalue weighted by Crippen LogP contribution is -1.99. The third-order valence-corrected chi connectivity index (χ3v) is 0.937. The molecule has 0 heterocycles. The number of rotatable bonds is 0. The minimum absolute atomic E-state index is 0.146. The van der Waals surface area contributed by atoms with Crippen LogP contribution in [0.5, 0.6) is 5.75 Å². The van der Waals surface area contributed by atoms with E-state index in [0.29, 0.717) is 5.46 Å². The molecule has 38 valence electrons. The van der Waals surface area contributed by atoms with Gasteiger partial charge < -0.3 is 5.11 Å². The van der Waals surface area contributed by atoms with Gasteiger partial charge in [0.15, 0.2) is 0 Å². The van der Waals surface area contributed by atoms with Crippen LogP contribution in [0.1, 0.15) is 0 Å². The zero-order valence-electron chi connectivity index (χ0n) is 4.33. The Hall–Kier alpha value is -0.915. The van der Waals surface area contributed by atoms with Crippen molar-refractivity contribution < 1.29 is 5.11 Å². The van der Waals surface area contributed by atoms with Gasteiger partial charge in [-0.05, 0) is 6.07 Å². The van der Waals surface area contributed by atoms with Crippen LogP contribution in [-0.4, -0.2) is 13.0 Å². The van der Waals surface area contributed by atoms with Crippen molar-refractivity contribution >= 4 is 13.3 Å². The van der Waals surface area contributed by atoms with Crippen LogP contribution in [0, 0.1) is 0 Å². The Bertz CT molecular complexity index is 165. The SMILES string of the molecule is [B]c1ccccc1O. The molecule has 0 saturated carbocycles. The largest absolute Gasteiger partial charge is 0.509 e. The Morgan fingerprint density at radius 3 is 2.25 bits per heavy atom. The minimum Gasteiger partial charge on any atom is -0.509 e. The average Bonchev–Trinajstić information content (AvgIpc) is 1.77. The van der Waals surface area contributed by atoms with Crippen LogP contribution in [0.15, 0.2) is 24.3 Å². The van der Waals surface area contributed by atoms with Crippen molar-refractivity contribution in [1.29, 1.82) is 0 Å². The Labute approximate surface area is 49.4 Å². The molecule has 0 aliphatic rings. The quantitative estimate of drug-likeness (QED) is 0.465. The Morgan fingerprint density at radius 2 is 1.88 bits per heavy atom. The second-order valence-corrected chi connectivity index (χ2v) is 1.56. The number of hydrogen-bond donors (Lipinski definition) is 1. The molecule has 2 heteroatoms. The first-order valence-electron chi connectivity index (χ1n) is 2.34. The van der Waals surface area contributed by atoms with Crippen molar-refractivity contribution in [2.45, 2.75) is 0 Å². The van der Waals surface area contributed by atoms with Gasteiger partial charge >= 0.3 is 0 Å². The number of phenolic OH excluding ortho intramolecular Hbond substituents is 1. The second kappa shape index (κ2) is 1.91. The fraction of sp³-hybridized carbons (Fsp3) is 0. The van der Waals surface area contributed by atoms with E-state index in [2.05, 4.69) is 0 Å². The van der Waals surface area contributed by atoms with E-state index in [1.54, 1.807) is 24.3 Å². The van der Waals surface area contributed by atoms with Crippen molar-refractivity contribution in [1.82, 2.24) is 0 Å². The van der Waals surface area contributed by atoms with Gasteiger partial charge in [0.05, 0.1) is 0 Å². The number of phenols is 1. The van der Waals surface area contributed by atoms with Gasteiger partial charge in [0.2, 0.25) is 0 Å². The van der Waals surface area contributed by atoms with Gasteiger partial charge in [0, 0.05) is 0 Å². The van der Waals surface area contributed by atoms with Crippen LogP contribution in [-0.2, 0) is 0 Å². The number of para-hydroxylation sites is 1. The Morgan fingerprint density at radius 1 is 1.25 bits per heavy atom. The molecule has 0 unspecified atom stereocenters. The molecule has 0 spiro atoms. The molecule has 0 bridgehead atoms. The zero-order chi connectivity index (χ0) is 5.98. The molecule has 1 aromatic rings. The van der Waals surface area contributed by atoms with Crippen LogP contribution >= 0.6 is 0 Å². The molecule has 0 aliphatic heterocycles. The highest BCUT2D eigenvalue weighted by Gasteiger charge is 1.86. The van der Waals surface area contributed by atoms with E-state index in [1.165, 1.54) is 0 Å². The maximum absolute atomic E-state index is 8.79. The van der Waals surface area contributed by atoms with Gasteiger partial charge in [-0.1, -0.05) is 23.7 Å². The average molecular weight is 104 g/mol. The molecule has 0 aromatic heterocycles. The highest BCUT2D eigenvalue weighted by Crippen LogP contribution is 1.98. The summed E-state index contributed by atoms with van der Waals surface area (Å²) in [6, 6.07) is 6.70. The summed E-state index contributed by atoms with van der Waals surface area (Å²) >= 11 is 0. The summed E-state index contributed by atoms with van der Waals surface area (Å²) in [5.74, 6) is 0.146. The third-order valence-electron chi connectivity index (χ3n) is 0.937. The molecule has 0 aliphatic carbocycles. The lowest BCUT2D eigenvalue weighted by Gasteiger charge is -1.92. The summed E-state index contributed by atoms with van der Waals surface area (Å²) in [6.07, 6.45) is 0. The van der Waals surface area contributed by atoms with Crippen molar-refractivity contribution in [2.24, 2.45) is 0 Å². The molecular formula is C6H5BO. The van der Waals surface area contributed by atoms with Gasteiger partial charge in [-0.25, -0.2) is 0 Å². The summed E-state index contributed by atoms with van der Waals surface area (Å²) < 4.78 is 0. The van der Waals surface area contributed by atoms with Gasteiger partial charge in [-0.15, -0.1) is 0 Å². The fourth-order valence-corrected chi connectivity index (χ4v) is 0.488. The number of benzene rings is 1. The van der Waals surface area contributed by atoms with Crippen molar-refractivity contribution in [3.8, 4) is 5.75 Å². The van der Waals surface area contributed by atoms with Gasteiger partial charge in [0.25, 0.3) is 0 Å². The van der Waals surface area contributed by atoms with Crippen molar-refractivity contribution in [2.75, 3.05) is 0 Å². The summed E-state index contributed by atoms with van der Waals surface area (Å²) in [6.45, 7) is 0. The molecule has 1 rings (SSSR count). The van der Waals surface area contributed by atoms with E-state index in [9.17, 15) is 0 Å². The standard InChI is InChI=1S/C6H5BO/c7-5-3-1-2-4-6(5)8/h1-4,8H. The molecule has 0 saturated heterocycles. The first-order chi connectivity index (χ1) is 3.80. The minimum atomic E-state index is 0.146. The normalized spacial score (nSPS) is 9.00. The van der Waals surface area contributed by atoms with Crippen LogP contribution in [0.2, 0.25) is 0 Å². The summed E-state index contributed by atoms with van der Waals surface area (Å²) in [5.41, 5.74) is 0.424. The molecule has 1 aromatic carbocycles. The van der Waals surface area contributed by atoms with Crippen molar-refractivity contribution in [3.05, 3.63) is 24.3 Å². The predicted molar refractivity (Wildman–Crippen MR) is 33.5 cm³/mol. The monoisotopic (exact) mass is 104 g/mol. The molecule has 0 amide bonds. The molecule has 0 atom stereocenters. The molecular weight excluding hydrogens is 98.9 g/mol. The van der Waals surface area contributed by atoms with Gasteiger partial charge in [0.1, 0.15) is 13.6 Å². The maximum atomic E-state index is 8.79. The van der Waals surface area contributed by atoms with E-state index in [1.807, 2.05) is 0 Å². The molecule has 8 heavy (non-hydrogen) atoms. The van der Waals surface area contributed by atoms with Crippen LogP contribution in [0.3, 0.4) is 0 Å². The van der Waals surface area contributed by atoms with Crippen molar-refractivity contribution in [3.63, 3.8) is 0 Å². The predicted octanol–water partition coefficient (Wildman–Crippen LogP) is 0.186. The Balaban J connectivity index is 3.13. The van der Waals surface area contributed by atoms with Crippen LogP contribution in [0.25, 0.3) is 0 Å². The lowest BCUT2D eigenvalue weighted by molar-refractivity contribution is 0.479. The van der Waals surface area contributed by atoms with Gasteiger partial charge in [-0.3, -0.25) is 0 Å². The van der Waals surface area contributed by atoms with Crippen LogP contribution in [0.4, 0.5) is 0 Å². The van der Waals surface area contributed by atoms with Gasteiger partial charge in [-0.2, -0.15) is 0 Å². The molecule has 2 radical (unpaired) electrons. The smallest absolute Gasteiger partial charge is 0.118 e. The highest BCUT2D eigenvalue weighted by atomic mass is 16.3. The molecule has 0 fully saturated rings. The summed E-state index contributed by atoms with van der Waals surface area (Å²) in [5, 5.41) is 8.79. The topological polar surface area (TPSA) is 20.2 Å². The Kier molecular flexibility index (Phi) is 1.25. The van der Waals surface area contributed by atoms with Crippen LogP contribution < -0.4 is 5.46 Å². The highest BCUT2D eigenvalue weighted by molar-refractivity contribution is 6.34. The van der Waals surface area contributed by atoms with E-state index < -0.39 is 0 Å². The first kappa shape index (κ1) is 5.23. The van der Waals surface area contributed by atoms with E-state index in [-0.39, 0.29) is 5.75 Å². The first-order valence-corrected chi connectivity index (χ1v) is 2.34.